The van der Waals surface area contributed by atoms with E-state index in [4.69, 9.17) is 4.74 Å². The summed E-state index contributed by atoms with van der Waals surface area (Å²) < 4.78 is 6.26. The number of allylic oxidation sites excluding steroid dienone is 5. The number of hydrogen-bond donors (Lipinski definition) is 0. The molecule has 0 bridgehead atoms. The molecule has 0 amide bonds. The molecule has 0 saturated carbocycles. The van der Waals surface area contributed by atoms with Gasteiger partial charge in [0.2, 0.25) is 0 Å². The van der Waals surface area contributed by atoms with Crippen molar-refractivity contribution in [2.45, 2.75) is 20.3 Å². The van der Waals surface area contributed by atoms with E-state index in [9.17, 15) is 0 Å². The highest BCUT2D eigenvalue weighted by atomic mass is 79.9. The maximum Gasteiger partial charge on any atom is 0.132 e. The highest BCUT2D eigenvalue weighted by Crippen LogP contribution is 2.26. The summed E-state index contributed by atoms with van der Waals surface area (Å²) in [5.41, 5.74) is 2.68. The van der Waals surface area contributed by atoms with Crippen molar-refractivity contribution < 1.29 is 4.74 Å². The zero-order valence-electron chi connectivity index (χ0n) is 7.65. The fraction of sp³-hybridized carbons (Fsp3) is 0.400. The lowest BCUT2D eigenvalue weighted by molar-refractivity contribution is 0.305. The average Bonchev–Trinajstić information content (AvgIpc) is 2.18. The molecule has 12 heavy (non-hydrogen) atoms. The van der Waals surface area contributed by atoms with Gasteiger partial charge in [-0.3, -0.25) is 0 Å². The molecule has 0 unspecified atom stereocenters. The highest BCUT2D eigenvalue weighted by molar-refractivity contribution is 9.11. The van der Waals surface area contributed by atoms with E-state index in [1.807, 2.05) is 0 Å². The zero-order chi connectivity index (χ0) is 9.14. The molecule has 0 heterocycles. The van der Waals surface area contributed by atoms with Gasteiger partial charge in [-0.2, -0.15) is 0 Å². The van der Waals surface area contributed by atoms with Gasteiger partial charge in [0.05, 0.1) is 11.6 Å². The summed E-state index contributed by atoms with van der Waals surface area (Å²) in [6.45, 7) is 4.25. The van der Waals surface area contributed by atoms with Gasteiger partial charge in [0, 0.05) is 0 Å². The molecule has 1 aliphatic rings. The largest absolute Gasteiger partial charge is 0.496 e. The van der Waals surface area contributed by atoms with Gasteiger partial charge in [-0.05, 0) is 47.8 Å². The van der Waals surface area contributed by atoms with Gasteiger partial charge in [0.15, 0.2) is 0 Å². The van der Waals surface area contributed by atoms with E-state index in [-0.39, 0.29) is 0 Å². The van der Waals surface area contributed by atoms with Crippen molar-refractivity contribution in [1.29, 1.82) is 0 Å². The van der Waals surface area contributed by atoms with Crippen LogP contribution in [0.1, 0.15) is 20.3 Å². The lowest BCUT2D eigenvalue weighted by atomic mass is 10.1. The number of rotatable bonds is 1. The van der Waals surface area contributed by atoms with Gasteiger partial charge < -0.3 is 4.74 Å². The standard InChI is InChI=1S/C10H13BrO/c1-7-4-5-9(11)10(12-3)6-8(7)2/h5-6H,4H2,1-3H3. The van der Waals surface area contributed by atoms with Crippen LogP contribution in [0.15, 0.2) is 33.5 Å². The molecule has 0 aliphatic heterocycles. The Morgan fingerprint density at radius 1 is 1.42 bits per heavy atom. The number of halogens is 1. The second-order valence-electron chi connectivity index (χ2n) is 2.93. The van der Waals surface area contributed by atoms with E-state index < -0.39 is 0 Å². The first kappa shape index (κ1) is 9.59. The summed E-state index contributed by atoms with van der Waals surface area (Å²) in [6.07, 6.45) is 5.18. The van der Waals surface area contributed by atoms with Gasteiger partial charge in [0.25, 0.3) is 0 Å². The molecule has 1 nitrogen and oxygen atoms in total. The smallest absolute Gasteiger partial charge is 0.132 e. The summed E-state index contributed by atoms with van der Waals surface area (Å²) in [4.78, 5) is 0. The van der Waals surface area contributed by atoms with Crippen LogP contribution in [0.3, 0.4) is 0 Å². The van der Waals surface area contributed by atoms with Crippen LogP contribution >= 0.6 is 15.9 Å². The molecule has 1 aliphatic carbocycles. The SMILES string of the molecule is COC1=CC(C)=C(C)CC=C1Br. The lowest BCUT2D eigenvalue weighted by Crippen LogP contribution is -1.85. The van der Waals surface area contributed by atoms with Crippen LogP contribution in [-0.2, 0) is 4.74 Å². The monoisotopic (exact) mass is 228 g/mol. The molecule has 0 aromatic rings. The minimum atomic E-state index is 0.907. The Morgan fingerprint density at radius 2 is 2.08 bits per heavy atom. The number of hydrogen-bond acceptors (Lipinski definition) is 1. The molecular formula is C10H13BrO. The third kappa shape index (κ3) is 2.01. The molecule has 2 heteroatoms. The van der Waals surface area contributed by atoms with Gasteiger partial charge >= 0.3 is 0 Å². The number of ether oxygens (including phenoxy) is 1. The molecule has 0 saturated heterocycles. The Hall–Kier alpha value is -0.500. The highest BCUT2D eigenvalue weighted by Gasteiger charge is 2.06. The topological polar surface area (TPSA) is 9.23 Å². The fourth-order valence-electron chi connectivity index (χ4n) is 1.05. The van der Waals surface area contributed by atoms with E-state index in [0.717, 1.165) is 16.7 Å². The summed E-state index contributed by atoms with van der Waals surface area (Å²) >= 11 is 3.46. The summed E-state index contributed by atoms with van der Waals surface area (Å²) in [5.74, 6) is 0.907. The molecule has 1 rings (SSSR count). The van der Waals surface area contributed by atoms with Crippen LogP contribution < -0.4 is 0 Å². The van der Waals surface area contributed by atoms with Crippen LogP contribution in [-0.4, -0.2) is 7.11 Å². The summed E-state index contributed by atoms with van der Waals surface area (Å²) in [6, 6.07) is 0. The predicted octanol–water partition coefficient (Wildman–Crippen LogP) is 3.54. The van der Waals surface area contributed by atoms with Gasteiger partial charge in [-0.15, -0.1) is 0 Å². The number of methoxy groups -OCH3 is 1. The lowest BCUT2D eigenvalue weighted by Gasteiger charge is -2.02. The van der Waals surface area contributed by atoms with Crippen LogP contribution in [0, 0.1) is 0 Å². The van der Waals surface area contributed by atoms with Crippen molar-refractivity contribution in [2.24, 2.45) is 0 Å². The van der Waals surface area contributed by atoms with Gasteiger partial charge in [-0.1, -0.05) is 11.6 Å². The predicted molar refractivity (Wildman–Crippen MR) is 55.1 cm³/mol. The van der Waals surface area contributed by atoms with E-state index in [1.165, 1.54) is 11.1 Å². The second kappa shape index (κ2) is 3.94. The van der Waals surface area contributed by atoms with Crippen molar-refractivity contribution in [2.75, 3.05) is 7.11 Å². The van der Waals surface area contributed by atoms with Gasteiger partial charge in [-0.25, -0.2) is 0 Å². The molecule has 0 fully saturated rings. The van der Waals surface area contributed by atoms with Crippen LogP contribution in [0.25, 0.3) is 0 Å². The molecule has 0 radical (unpaired) electrons. The van der Waals surface area contributed by atoms with E-state index >= 15 is 0 Å². The molecule has 0 aromatic carbocycles. The van der Waals surface area contributed by atoms with Crippen LogP contribution in [0.5, 0.6) is 0 Å². The first-order valence-electron chi connectivity index (χ1n) is 3.93. The maximum atomic E-state index is 5.21. The van der Waals surface area contributed by atoms with E-state index in [2.05, 4.69) is 41.9 Å². The Labute approximate surface area is 81.9 Å². The van der Waals surface area contributed by atoms with E-state index in [0.29, 0.717) is 0 Å². The zero-order valence-corrected chi connectivity index (χ0v) is 9.23. The van der Waals surface area contributed by atoms with Crippen LogP contribution in [0.4, 0.5) is 0 Å². The normalized spacial score (nSPS) is 18.3. The Balaban J connectivity index is 3.03. The minimum absolute atomic E-state index is 0.907. The first-order chi connectivity index (χ1) is 5.65. The van der Waals surface area contributed by atoms with Crippen molar-refractivity contribution in [1.82, 2.24) is 0 Å². The third-order valence-corrected chi connectivity index (χ3v) is 2.78. The Morgan fingerprint density at radius 3 is 2.67 bits per heavy atom. The third-order valence-electron chi connectivity index (χ3n) is 2.06. The quantitative estimate of drug-likeness (QED) is 0.668. The summed E-state index contributed by atoms with van der Waals surface area (Å²) in [7, 11) is 1.69. The maximum absolute atomic E-state index is 5.21. The molecule has 0 spiro atoms. The summed E-state index contributed by atoms with van der Waals surface area (Å²) in [5, 5.41) is 0. The van der Waals surface area contributed by atoms with E-state index in [1.54, 1.807) is 7.11 Å². The van der Waals surface area contributed by atoms with Crippen molar-refractivity contribution >= 4 is 15.9 Å². The minimum Gasteiger partial charge on any atom is -0.496 e. The second-order valence-corrected chi connectivity index (χ2v) is 3.79. The molecule has 66 valence electrons. The molecule has 0 atom stereocenters. The van der Waals surface area contributed by atoms with Gasteiger partial charge in [0.1, 0.15) is 5.76 Å². The van der Waals surface area contributed by atoms with Crippen molar-refractivity contribution in [3.63, 3.8) is 0 Å². The Bertz CT molecular complexity index is 272. The van der Waals surface area contributed by atoms with Crippen molar-refractivity contribution in [3.05, 3.63) is 33.5 Å². The Kier molecular flexibility index (Phi) is 3.15. The van der Waals surface area contributed by atoms with Crippen LogP contribution in [0.2, 0.25) is 0 Å². The average molecular weight is 229 g/mol. The first-order valence-corrected chi connectivity index (χ1v) is 4.72. The fourth-order valence-corrected chi connectivity index (χ4v) is 1.49. The molecule has 0 aromatic heterocycles. The van der Waals surface area contributed by atoms with Crippen molar-refractivity contribution in [3.8, 4) is 0 Å². The molecular weight excluding hydrogens is 216 g/mol. The molecule has 0 N–H and O–H groups in total.